The largest absolute Gasteiger partial charge is 0.363 e. The second-order valence-corrected chi connectivity index (χ2v) is 4.41. The molecule has 0 amide bonds. The quantitative estimate of drug-likeness (QED) is 0.670. The predicted molar refractivity (Wildman–Crippen MR) is 71.3 cm³/mol. The van der Waals surface area contributed by atoms with Gasteiger partial charge in [-0.3, -0.25) is 0 Å². The van der Waals surface area contributed by atoms with Crippen LogP contribution in [0.3, 0.4) is 0 Å². The Kier molecular flexibility index (Phi) is 8.71. The highest BCUT2D eigenvalue weighted by molar-refractivity contribution is 7.80. The van der Waals surface area contributed by atoms with Gasteiger partial charge in [-0.05, 0) is 39.2 Å². The summed E-state index contributed by atoms with van der Waals surface area (Å²) >= 11 is 5.35. The molecule has 0 radical (unpaired) electrons. The lowest BCUT2D eigenvalue weighted by Gasteiger charge is -2.26. The molecule has 0 saturated heterocycles. The Labute approximate surface area is 99.8 Å². The molecule has 0 aromatic carbocycles. The van der Waals surface area contributed by atoms with E-state index in [1.54, 1.807) is 0 Å². The fraction of sp³-hybridized carbons (Fsp3) is 0.909. The maximum absolute atomic E-state index is 5.35. The molecule has 0 rings (SSSR count). The number of likely N-dealkylation sites (N-methyl/N-ethyl adjacent to an activating group) is 1. The maximum atomic E-state index is 5.35. The van der Waals surface area contributed by atoms with Crippen LogP contribution in [0.5, 0.6) is 0 Å². The van der Waals surface area contributed by atoms with E-state index in [1.165, 1.54) is 0 Å². The first-order valence-electron chi connectivity index (χ1n) is 5.79. The van der Waals surface area contributed by atoms with Gasteiger partial charge in [-0.2, -0.15) is 0 Å². The Bertz CT molecular complexity index is 171. The standard InChI is InChI=1S/C11H25N3S/c1-5-7-12-11(15)14(8-6-2)10-9-13(3)4/h5-10H2,1-4H3,(H,12,15). The molecule has 0 aromatic heterocycles. The monoisotopic (exact) mass is 231 g/mol. The summed E-state index contributed by atoms with van der Waals surface area (Å²) in [5.74, 6) is 0. The van der Waals surface area contributed by atoms with Crippen molar-refractivity contribution in [3.63, 3.8) is 0 Å². The Hall–Kier alpha value is -0.350. The van der Waals surface area contributed by atoms with Gasteiger partial charge in [-0.15, -0.1) is 0 Å². The van der Waals surface area contributed by atoms with E-state index in [2.05, 4.69) is 43.1 Å². The summed E-state index contributed by atoms with van der Waals surface area (Å²) in [5, 5.41) is 4.18. The molecule has 0 bridgehead atoms. The molecule has 0 saturated carbocycles. The molecular weight excluding hydrogens is 206 g/mol. The van der Waals surface area contributed by atoms with Crippen molar-refractivity contribution in [2.75, 3.05) is 40.3 Å². The van der Waals surface area contributed by atoms with E-state index in [1.807, 2.05) is 0 Å². The smallest absolute Gasteiger partial charge is 0.168 e. The third kappa shape index (κ3) is 7.56. The van der Waals surface area contributed by atoms with E-state index in [9.17, 15) is 0 Å². The molecule has 0 spiro atoms. The molecule has 0 unspecified atom stereocenters. The molecule has 0 heterocycles. The van der Waals surface area contributed by atoms with Gasteiger partial charge in [0.25, 0.3) is 0 Å². The number of hydrogen-bond donors (Lipinski definition) is 1. The van der Waals surface area contributed by atoms with Gasteiger partial charge in [0.05, 0.1) is 0 Å². The summed E-state index contributed by atoms with van der Waals surface area (Å²) in [6, 6.07) is 0. The van der Waals surface area contributed by atoms with Gasteiger partial charge in [0.1, 0.15) is 0 Å². The van der Waals surface area contributed by atoms with Crippen LogP contribution in [-0.2, 0) is 0 Å². The Morgan fingerprint density at radius 3 is 2.20 bits per heavy atom. The summed E-state index contributed by atoms with van der Waals surface area (Å²) in [5.41, 5.74) is 0. The van der Waals surface area contributed by atoms with Crippen molar-refractivity contribution in [1.82, 2.24) is 15.1 Å². The topological polar surface area (TPSA) is 18.5 Å². The zero-order valence-corrected chi connectivity index (χ0v) is 11.4. The Morgan fingerprint density at radius 1 is 1.07 bits per heavy atom. The van der Waals surface area contributed by atoms with Crippen molar-refractivity contribution < 1.29 is 0 Å². The first kappa shape index (κ1) is 14.6. The van der Waals surface area contributed by atoms with E-state index in [-0.39, 0.29) is 0 Å². The minimum Gasteiger partial charge on any atom is -0.363 e. The van der Waals surface area contributed by atoms with Crippen LogP contribution in [0.25, 0.3) is 0 Å². The summed E-state index contributed by atoms with van der Waals surface area (Å²) in [6.07, 6.45) is 2.26. The van der Waals surface area contributed by atoms with Crippen LogP contribution >= 0.6 is 12.2 Å². The molecule has 0 atom stereocenters. The van der Waals surface area contributed by atoms with Crippen LogP contribution in [0.1, 0.15) is 26.7 Å². The zero-order valence-electron chi connectivity index (χ0n) is 10.5. The van der Waals surface area contributed by atoms with Gasteiger partial charge in [-0.1, -0.05) is 13.8 Å². The highest BCUT2D eigenvalue weighted by Crippen LogP contribution is 1.94. The number of nitrogens with one attached hydrogen (secondary N) is 1. The lowest BCUT2D eigenvalue weighted by atomic mass is 10.4. The molecule has 90 valence electrons. The fourth-order valence-corrected chi connectivity index (χ4v) is 1.53. The van der Waals surface area contributed by atoms with Gasteiger partial charge in [0.2, 0.25) is 0 Å². The molecule has 0 aliphatic rings. The van der Waals surface area contributed by atoms with Gasteiger partial charge in [0, 0.05) is 26.2 Å². The third-order valence-electron chi connectivity index (χ3n) is 2.12. The summed E-state index contributed by atoms with van der Waals surface area (Å²) in [7, 11) is 4.18. The molecule has 0 aromatic rings. The minimum atomic E-state index is 0.903. The molecule has 15 heavy (non-hydrogen) atoms. The molecule has 0 fully saturated rings. The van der Waals surface area contributed by atoms with E-state index in [0.29, 0.717) is 0 Å². The van der Waals surface area contributed by atoms with Crippen molar-refractivity contribution in [1.29, 1.82) is 0 Å². The predicted octanol–water partition coefficient (Wildman–Crippen LogP) is 1.54. The van der Waals surface area contributed by atoms with Crippen molar-refractivity contribution >= 4 is 17.3 Å². The minimum absolute atomic E-state index is 0.903. The number of thiocarbonyl (C=S) groups is 1. The second kappa shape index (κ2) is 8.92. The molecule has 4 heteroatoms. The first-order valence-corrected chi connectivity index (χ1v) is 6.20. The number of rotatable bonds is 7. The van der Waals surface area contributed by atoms with Crippen molar-refractivity contribution in [2.45, 2.75) is 26.7 Å². The Balaban J connectivity index is 3.94. The average Bonchev–Trinajstić information content (AvgIpc) is 2.20. The van der Waals surface area contributed by atoms with Crippen LogP contribution in [-0.4, -0.2) is 55.2 Å². The van der Waals surface area contributed by atoms with Crippen LogP contribution in [0, 0.1) is 0 Å². The summed E-state index contributed by atoms with van der Waals surface area (Å²) < 4.78 is 0. The molecule has 3 nitrogen and oxygen atoms in total. The number of hydrogen-bond acceptors (Lipinski definition) is 2. The van der Waals surface area contributed by atoms with Crippen LogP contribution in [0.4, 0.5) is 0 Å². The van der Waals surface area contributed by atoms with Crippen LogP contribution in [0.2, 0.25) is 0 Å². The molecule has 1 N–H and O–H groups in total. The third-order valence-corrected chi connectivity index (χ3v) is 2.53. The van der Waals surface area contributed by atoms with Crippen molar-refractivity contribution in [3.05, 3.63) is 0 Å². The fourth-order valence-electron chi connectivity index (χ4n) is 1.25. The van der Waals surface area contributed by atoms with E-state index >= 15 is 0 Å². The maximum Gasteiger partial charge on any atom is 0.168 e. The molecular formula is C11H25N3S. The normalized spacial score (nSPS) is 10.5. The lowest BCUT2D eigenvalue weighted by molar-refractivity contribution is 0.326. The Morgan fingerprint density at radius 2 is 1.73 bits per heavy atom. The number of nitrogens with zero attached hydrogens (tertiary/aromatic N) is 2. The molecule has 0 aliphatic carbocycles. The zero-order chi connectivity index (χ0) is 11.7. The van der Waals surface area contributed by atoms with E-state index < -0.39 is 0 Å². The summed E-state index contributed by atoms with van der Waals surface area (Å²) in [6.45, 7) is 8.42. The van der Waals surface area contributed by atoms with Crippen LogP contribution < -0.4 is 5.32 Å². The highest BCUT2D eigenvalue weighted by Gasteiger charge is 2.07. The molecule has 0 aliphatic heterocycles. The summed E-state index contributed by atoms with van der Waals surface area (Å²) in [4.78, 5) is 4.44. The van der Waals surface area contributed by atoms with Gasteiger partial charge < -0.3 is 15.1 Å². The van der Waals surface area contributed by atoms with Gasteiger partial charge >= 0.3 is 0 Å². The van der Waals surface area contributed by atoms with E-state index in [0.717, 1.165) is 44.1 Å². The average molecular weight is 231 g/mol. The SMILES string of the molecule is CCCNC(=S)N(CCC)CCN(C)C. The second-order valence-electron chi connectivity index (χ2n) is 4.02. The van der Waals surface area contributed by atoms with Crippen LogP contribution in [0.15, 0.2) is 0 Å². The van der Waals surface area contributed by atoms with E-state index in [4.69, 9.17) is 12.2 Å². The highest BCUT2D eigenvalue weighted by atomic mass is 32.1. The van der Waals surface area contributed by atoms with Crippen molar-refractivity contribution in [2.24, 2.45) is 0 Å². The van der Waals surface area contributed by atoms with Crippen molar-refractivity contribution in [3.8, 4) is 0 Å². The van der Waals surface area contributed by atoms with Gasteiger partial charge in [0.15, 0.2) is 5.11 Å². The van der Waals surface area contributed by atoms with Gasteiger partial charge in [-0.25, -0.2) is 0 Å². The first-order chi connectivity index (χ1) is 7.11. The lowest BCUT2D eigenvalue weighted by Crippen LogP contribution is -2.43.